The van der Waals surface area contributed by atoms with Crippen molar-refractivity contribution in [2.45, 2.75) is 0 Å². The minimum atomic E-state index is 1.11. The van der Waals surface area contributed by atoms with Gasteiger partial charge in [-0.15, -0.1) is 11.3 Å². The molecule has 0 unspecified atom stereocenters. The summed E-state index contributed by atoms with van der Waals surface area (Å²) in [5, 5.41) is 5.21. The summed E-state index contributed by atoms with van der Waals surface area (Å²) in [5.41, 5.74) is 13.0. The van der Waals surface area contributed by atoms with Gasteiger partial charge in [-0.3, -0.25) is 0 Å². The van der Waals surface area contributed by atoms with Gasteiger partial charge in [0.1, 0.15) is 0 Å². The number of para-hydroxylation sites is 1. The molecule has 0 bridgehead atoms. The summed E-state index contributed by atoms with van der Waals surface area (Å²) < 4.78 is 2.67. The normalized spacial score (nSPS) is 11.3. The smallest absolute Gasteiger partial charge is 0.0540 e. The maximum atomic E-state index is 2.38. The summed E-state index contributed by atoms with van der Waals surface area (Å²) in [6.07, 6.45) is 0. The van der Waals surface area contributed by atoms with Crippen molar-refractivity contribution in [3.8, 4) is 44.5 Å². The van der Waals surface area contributed by atoms with Crippen LogP contribution in [-0.2, 0) is 0 Å². The van der Waals surface area contributed by atoms with E-state index in [0.29, 0.717) is 0 Å². The van der Waals surface area contributed by atoms with Crippen LogP contribution in [0.3, 0.4) is 0 Å². The van der Waals surface area contributed by atoms with E-state index >= 15 is 0 Å². The third-order valence-electron chi connectivity index (χ3n) is 10.5. The first-order valence-corrected chi connectivity index (χ1v) is 19.2. The fourth-order valence-electron chi connectivity index (χ4n) is 7.70. The van der Waals surface area contributed by atoms with Gasteiger partial charge < -0.3 is 4.90 Å². The van der Waals surface area contributed by atoms with E-state index in [9.17, 15) is 0 Å². The highest BCUT2D eigenvalue weighted by atomic mass is 32.1. The SMILES string of the molecule is c1ccc(-c2ccc(-c3ccc(N(c4ccc(-c5ccc6cc7c(cc6c5)sc5ccccc57)cc4)c4ccccc4-c4ccccc4)cc3)cc2)cc1. The Morgan fingerprint density at radius 2 is 0.796 bits per heavy atom. The Kier molecular flexibility index (Phi) is 8.09. The Hall–Kier alpha value is -6.74. The molecule has 0 atom stereocenters. The van der Waals surface area contributed by atoms with Crippen LogP contribution in [0, 0.1) is 0 Å². The van der Waals surface area contributed by atoms with Crippen LogP contribution in [0.5, 0.6) is 0 Å². The summed E-state index contributed by atoms with van der Waals surface area (Å²) in [6, 6.07) is 77.1. The molecule has 254 valence electrons. The summed E-state index contributed by atoms with van der Waals surface area (Å²) >= 11 is 1.87. The average Bonchev–Trinajstić information content (AvgIpc) is 3.61. The number of fused-ring (bicyclic) bond motifs is 4. The van der Waals surface area contributed by atoms with Crippen LogP contribution in [-0.4, -0.2) is 0 Å². The first-order valence-electron chi connectivity index (χ1n) is 18.4. The molecular weight excluding hydrogens is 671 g/mol. The Bertz CT molecular complexity index is 2890. The molecule has 0 aliphatic heterocycles. The lowest BCUT2D eigenvalue weighted by atomic mass is 9.98. The predicted molar refractivity (Wildman–Crippen MR) is 233 cm³/mol. The third kappa shape index (κ3) is 5.93. The van der Waals surface area contributed by atoms with Crippen molar-refractivity contribution >= 4 is 59.3 Å². The molecule has 1 heterocycles. The fraction of sp³-hybridized carbons (Fsp3) is 0. The molecule has 0 aliphatic carbocycles. The summed E-state index contributed by atoms with van der Waals surface area (Å²) in [7, 11) is 0. The summed E-state index contributed by atoms with van der Waals surface area (Å²) in [5.74, 6) is 0. The Labute approximate surface area is 319 Å². The minimum absolute atomic E-state index is 1.11. The van der Waals surface area contributed by atoms with E-state index in [1.165, 1.54) is 75.5 Å². The van der Waals surface area contributed by atoms with Gasteiger partial charge in [-0.05, 0) is 104 Å². The molecule has 0 saturated carbocycles. The molecule has 0 spiro atoms. The number of rotatable bonds is 7. The van der Waals surface area contributed by atoms with Crippen LogP contribution in [0.4, 0.5) is 17.1 Å². The molecule has 0 N–H and O–H groups in total. The molecule has 0 aliphatic rings. The zero-order chi connectivity index (χ0) is 35.8. The molecule has 54 heavy (non-hydrogen) atoms. The van der Waals surface area contributed by atoms with E-state index in [1.807, 2.05) is 11.3 Å². The van der Waals surface area contributed by atoms with Crippen molar-refractivity contribution in [2.24, 2.45) is 0 Å². The van der Waals surface area contributed by atoms with Crippen LogP contribution in [0.15, 0.2) is 212 Å². The van der Waals surface area contributed by atoms with E-state index in [1.54, 1.807) is 0 Å². The van der Waals surface area contributed by atoms with Crippen LogP contribution in [0.2, 0.25) is 0 Å². The Balaban J connectivity index is 1.02. The molecule has 10 aromatic rings. The lowest BCUT2D eigenvalue weighted by Crippen LogP contribution is -2.11. The first-order chi connectivity index (χ1) is 26.7. The number of benzene rings is 9. The zero-order valence-electron chi connectivity index (χ0n) is 29.6. The molecule has 0 radical (unpaired) electrons. The highest BCUT2D eigenvalue weighted by molar-refractivity contribution is 7.25. The van der Waals surface area contributed by atoms with Gasteiger partial charge in [-0.25, -0.2) is 0 Å². The molecular formula is C52H35NS. The van der Waals surface area contributed by atoms with Crippen LogP contribution < -0.4 is 4.90 Å². The summed E-state index contributed by atoms with van der Waals surface area (Å²) in [4.78, 5) is 2.38. The quantitative estimate of drug-likeness (QED) is 0.160. The molecule has 2 heteroatoms. The summed E-state index contributed by atoms with van der Waals surface area (Å²) in [6.45, 7) is 0. The van der Waals surface area contributed by atoms with Crippen LogP contribution >= 0.6 is 11.3 Å². The number of thiophene rings is 1. The van der Waals surface area contributed by atoms with Gasteiger partial charge in [0.15, 0.2) is 0 Å². The van der Waals surface area contributed by atoms with E-state index in [-0.39, 0.29) is 0 Å². The number of hydrogen-bond donors (Lipinski definition) is 0. The predicted octanol–water partition coefficient (Wildman–Crippen LogP) is 15.3. The second-order valence-corrected chi connectivity index (χ2v) is 14.8. The highest BCUT2D eigenvalue weighted by Crippen LogP contribution is 2.42. The van der Waals surface area contributed by atoms with E-state index < -0.39 is 0 Å². The van der Waals surface area contributed by atoms with E-state index in [0.717, 1.165) is 17.1 Å². The number of anilines is 3. The molecule has 0 amide bonds. The van der Waals surface area contributed by atoms with Gasteiger partial charge in [0.05, 0.1) is 5.69 Å². The molecule has 0 fully saturated rings. The standard InChI is InChI=1S/C52H35NS/c1-3-11-36(12-4-1)37-19-21-38(22-20-37)39-25-29-45(30-26-39)53(50-17-9-7-15-47(50)41-13-5-2-6-14-41)46-31-27-40(28-32-46)42-23-24-43-34-49-48-16-8-10-18-51(48)54-52(49)35-44(43)33-42/h1-35H. The van der Waals surface area contributed by atoms with Crippen molar-refractivity contribution in [3.05, 3.63) is 212 Å². The minimum Gasteiger partial charge on any atom is -0.310 e. The fourth-order valence-corrected chi connectivity index (χ4v) is 8.83. The van der Waals surface area contributed by atoms with Crippen molar-refractivity contribution in [1.82, 2.24) is 0 Å². The first kappa shape index (κ1) is 32.0. The van der Waals surface area contributed by atoms with Crippen molar-refractivity contribution < 1.29 is 0 Å². The highest BCUT2D eigenvalue weighted by Gasteiger charge is 2.18. The monoisotopic (exact) mass is 705 g/mol. The lowest BCUT2D eigenvalue weighted by Gasteiger charge is -2.28. The topological polar surface area (TPSA) is 3.24 Å². The Morgan fingerprint density at radius 3 is 1.46 bits per heavy atom. The maximum Gasteiger partial charge on any atom is 0.0540 e. The van der Waals surface area contributed by atoms with Gasteiger partial charge in [-0.2, -0.15) is 0 Å². The van der Waals surface area contributed by atoms with Gasteiger partial charge in [0.2, 0.25) is 0 Å². The van der Waals surface area contributed by atoms with Crippen molar-refractivity contribution in [1.29, 1.82) is 0 Å². The molecule has 10 rings (SSSR count). The second-order valence-electron chi connectivity index (χ2n) is 13.8. The van der Waals surface area contributed by atoms with Gasteiger partial charge in [-0.1, -0.05) is 158 Å². The second kappa shape index (κ2) is 13.7. The zero-order valence-corrected chi connectivity index (χ0v) is 30.4. The molecule has 0 saturated heterocycles. The molecule has 1 nitrogen and oxygen atoms in total. The average molecular weight is 706 g/mol. The third-order valence-corrected chi connectivity index (χ3v) is 11.6. The maximum absolute atomic E-state index is 2.38. The van der Waals surface area contributed by atoms with Gasteiger partial charge >= 0.3 is 0 Å². The van der Waals surface area contributed by atoms with Gasteiger partial charge in [0, 0.05) is 37.1 Å². The van der Waals surface area contributed by atoms with E-state index in [2.05, 4.69) is 217 Å². The Morgan fingerprint density at radius 1 is 0.296 bits per heavy atom. The molecule has 1 aromatic heterocycles. The van der Waals surface area contributed by atoms with Crippen molar-refractivity contribution in [2.75, 3.05) is 4.90 Å². The number of hydrogen-bond acceptors (Lipinski definition) is 2. The van der Waals surface area contributed by atoms with E-state index in [4.69, 9.17) is 0 Å². The largest absolute Gasteiger partial charge is 0.310 e. The van der Waals surface area contributed by atoms with Crippen LogP contribution in [0.1, 0.15) is 0 Å². The lowest BCUT2D eigenvalue weighted by molar-refractivity contribution is 1.28. The van der Waals surface area contributed by atoms with Crippen molar-refractivity contribution in [3.63, 3.8) is 0 Å². The molecule has 9 aromatic carbocycles. The van der Waals surface area contributed by atoms with Crippen LogP contribution in [0.25, 0.3) is 75.5 Å². The number of nitrogens with zero attached hydrogens (tertiary/aromatic N) is 1. The van der Waals surface area contributed by atoms with Gasteiger partial charge in [0.25, 0.3) is 0 Å².